The molecule has 1 N–H and O–H groups in total. The van der Waals surface area contributed by atoms with E-state index in [1.54, 1.807) is 0 Å². The first-order chi connectivity index (χ1) is 10.2. The molecule has 0 aromatic carbocycles. The van der Waals surface area contributed by atoms with Gasteiger partial charge in [0.25, 0.3) is 0 Å². The van der Waals surface area contributed by atoms with E-state index >= 15 is 0 Å². The van der Waals surface area contributed by atoms with E-state index in [2.05, 4.69) is 49.2 Å². The molecule has 1 atom stereocenters. The van der Waals surface area contributed by atoms with E-state index in [4.69, 9.17) is 0 Å². The van der Waals surface area contributed by atoms with E-state index in [1.807, 2.05) is 10.9 Å². The third-order valence-corrected chi connectivity index (χ3v) is 5.25. The van der Waals surface area contributed by atoms with Gasteiger partial charge in [0.1, 0.15) is 0 Å². The van der Waals surface area contributed by atoms with Crippen molar-refractivity contribution in [3.05, 3.63) is 18.0 Å². The first-order valence-corrected chi connectivity index (χ1v) is 8.66. The van der Waals surface area contributed by atoms with Crippen LogP contribution in [0.3, 0.4) is 0 Å². The molecule has 120 valence electrons. The third-order valence-electron chi connectivity index (χ3n) is 5.25. The first kappa shape index (κ1) is 16.5. The van der Waals surface area contributed by atoms with Crippen molar-refractivity contribution in [3.63, 3.8) is 0 Å². The predicted octanol–water partition coefficient (Wildman–Crippen LogP) is 3.12. The molecule has 2 rings (SSSR count). The molecule has 0 saturated carbocycles. The monoisotopic (exact) mass is 292 g/mol. The minimum atomic E-state index is 0.208. The molecule has 1 aromatic rings. The van der Waals surface area contributed by atoms with Crippen LogP contribution in [0.25, 0.3) is 0 Å². The smallest absolute Gasteiger partial charge is 0.0678 e. The van der Waals surface area contributed by atoms with Crippen molar-refractivity contribution in [1.82, 2.24) is 20.0 Å². The molecule has 0 aliphatic carbocycles. The van der Waals surface area contributed by atoms with E-state index < -0.39 is 0 Å². The second-order valence-corrected chi connectivity index (χ2v) is 6.27. The van der Waals surface area contributed by atoms with Crippen LogP contribution in [0.15, 0.2) is 12.3 Å². The lowest BCUT2D eigenvalue weighted by Crippen LogP contribution is -2.55. The molecular formula is C17H32N4. The third kappa shape index (κ3) is 3.16. The molecule has 21 heavy (non-hydrogen) atoms. The van der Waals surface area contributed by atoms with Crippen LogP contribution in [0.4, 0.5) is 0 Å². The van der Waals surface area contributed by atoms with Crippen molar-refractivity contribution in [1.29, 1.82) is 0 Å². The van der Waals surface area contributed by atoms with Gasteiger partial charge in [-0.1, -0.05) is 20.8 Å². The van der Waals surface area contributed by atoms with E-state index in [-0.39, 0.29) is 5.54 Å². The minimum Gasteiger partial charge on any atom is -0.307 e. The lowest BCUT2D eigenvalue weighted by Gasteiger charge is -2.47. The summed E-state index contributed by atoms with van der Waals surface area (Å²) >= 11 is 0. The predicted molar refractivity (Wildman–Crippen MR) is 88.4 cm³/mol. The number of aromatic nitrogens is 2. The van der Waals surface area contributed by atoms with Crippen molar-refractivity contribution in [2.24, 2.45) is 7.05 Å². The number of nitrogens with zero attached hydrogens (tertiary/aromatic N) is 3. The molecule has 4 heteroatoms. The SMILES string of the molecule is CCCNC(c1ccnn1C)C(CC)(CC)N1CCCC1. The quantitative estimate of drug-likeness (QED) is 0.799. The molecule has 0 spiro atoms. The molecule has 0 amide bonds. The van der Waals surface area contributed by atoms with Crippen LogP contribution in [-0.2, 0) is 7.05 Å². The van der Waals surface area contributed by atoms with Gasteiger partial charge in [-0.05, 0) is 57.8 Å². The molecule has 1 saturated heterocycles. The summed E-state index contributed by atoms with van der Waals surface area (Å²) in [5.74, 6) is 0. The van der Waals surface area contributed by atoms with Gasteiger partial charge in [-0.25, -0.2) is 0 Å². The maximum Gasteiger partial charge on any atom is 0.0678 e. The van der Waals surface area contributed by atoms with Crippen LogP contribution in [-0.4, -0.2) is 39.9 Å². The van der Waals surface area contributed by atoms with Gasteiger partial charge in [-0.3, -0.25) is 9.58 Å². The summed E-state index contributed by atoms with van der Waals surface area (Å²) in [4.78, 5) is 2.73. The molecule has 4 nitrogen and oxygen atoms in total. The van der Waals surface area contributed by atoms with Gasteiger partial charge in [-0.2, -0.15) is 5.10 Å². The Kier molecular flexibility index (Phi) is 5.82. The highest BCUT2D eigenvalue weighted by Gasteiger charge is 2.43. The van der Waals surface area contributed by atoms with Crippen molar-refractivity contribution < 1.29 is 0 Å². The zero-order valence-corrected chi connectivity index (χ0v) is 14.2. The topological polar surface area (TPSA) is 33.1 Å². The zero-order valence-electron chi connectivity index (χ0n) is 14.2. The van der Waals surface area contributed by atoms with Crippen LogP contribution in [0, 0.1) is 0 Å². The molecule has 1 aliphatic heterocycles. The Bertz CT molecular complexity index is 416. The Morgan fingerprint density at radius 3 is 2.38 bits per heavy atom. The van der Waals surface area contributed by atoms with Gasteiger partial charge in [0.15, 0.2) is 0 Å². The fourth-order valence-corrected chi connectivity index (χ4v) is 3.98. The van der Waals surface area contributed by atoms with Crippen LogP contribution in [0.5, 0.6) is 0 Å². The Morgan fingerprint density at radius 1 is 1.24 bits per heavy atom. The number of aryl methyl sites for hydroxylation is 1. The lowest BCUT2D eigenvalue weighted by atomic mass is 9.80. The summed E-state index contributed by atoms with van der Waals surface area (Å²) in [5.41, 5.74) is 1.53. The average Bonchev–Trinajstić information content (AvgIpc) is 3.16. The highest BCUT2D eigenvalue weighted by atomic mass is 15.3. The second-order valence-electron chi connectivity index (χ2n) is 6.27. The highest BCUT2D eigenvalue weighted by molar-refractivity contribution is 5.16. The summed E-state index contributed by atoms with van der Waals surface area (Å²) < 4.78 is 2.05. The summed E-state index contributed by atoms with van der Waals surface area (Å²) in [7, 11) is 2.07. The van der Waals surface area contributed by atoms with Crippen LogP contribution >= 0.6 is 0 Å². The maximum absolute atomic E-state index is 4.41. The van der Waals surface area contributed by atoms with Gasteiger partial charge < -0.3 is 5.32 Å². The Labute approximate surface area is 129 Å². The van der Waals surface area contributed by atoms with Crippen molar-refractivity contribution in [2.45, 2.75) is 64.5 Å². The zero-order chi connectivity index (χ0) is 15.3. The van der Waals surface area contributed by atoms with E-state index in [0.29, 0.717) is 6.04 Å². The Balaban J connectivity index is 2.36. The normalized spacial score (nSPS) is 18.3. The summed E-state index contributed by atoms with van der Waals surface area (Å²) in [6.07, 6.45) is 8.13. The number of hydrogen-bond acceptors (Lipinski definition) is 3. The molecule has 1 unspecified atom stereocenters. The molecule has 2 heterocycles. The molecule has 0 radical (unpaired) electrons. The van der Waals surface area contributed by atoms with Gasteiger partial charge in [0, 0.05) is 18.8 Å². The largest absolute Gasteiger partial charge is 0.307 e. The minimum absolute atomic E-state index is 0.208. The molecule has 1 aliphatic rings. The highest BCUT2D eigenvalue weighted by Crippen LogP contribution is 2.39. The lowest BCUT2D eigenvalue weighted by molar-refractivity contribution is 0.0586. The number of rotatable bonds is 8. The summed E-state index contributed by atoms with van der Waals surface area (Å²) in [6, 6.07) is 2.54. The second kappa shape index (κ2) is 7.41. The van der Waals surface area contributed by atoms with Crippen LogP contribution in [0.1, 0.15) is 64.6 Å². The van der Waals surface area contributed by atoms with Gasteiger partial charge in [0.05, 0.1) is 11.7 Å². The van der Waals surface area contributed by atoms with E-state index in [0.717, 1.165) is 13.0 Å². The molecule has 1 aromatic heterocycles. The van der Waals surface area contributed by atoms with Crippen LogP contribution in [0.2, 0.25) is 0 Å². The maximum atomic E-state index is 4.41. The Morgan fingerprint density at radius 2 is 1.90 bits per heavy atom. The van der Waals surface area contributed by atoms with Gasteiger partial charge in [-0.15, -0.1) is 0 Å². The first-order valence-electron chi connectivity index (χ1n) is 8.66. The van der Waals surface area contributed by atoms with Crippen molar-refractivity contribution >= 4 is 0 Å². The number of likely N-dealkylation sites (tertiary alicyclic amines) is 1. The van der Waals surface area contributed by atoms with Crippen molar-refractivity contribution in [3.8, 4) is 0 Å². The molecule has 0 bridgehead atoms. The standard InChI is InChI=1S/C17H32N4/c1-5-11-18-16(15-10-12-19-20(15)4)17(6-2,7-3)21-13-8-9-14-21/h10,12,16,18H,5-9,11,13-14H2,1-4H3. The summed E-state index contributed by atoms with van der Waals surface area (Å²) in [6.45, 7) is 10.5. The van der Waals surface area contributed by atoms with E-state index in [9.17, 15) is 0 Å². The van der Waals surface area contributed by atoms with Crippen molar-refractivity contribution in [2.75, 3.05) is 19.6 Å². The fraction of sp³-hybridized carbons (Fsp3) is 0.824. The Hall–Kier alpha value is -0.870. The van der Waals surface area contributed by atoms with Crippen LogP contribution < -0.4 is 5.32 Å². The molecular weight excluding hydrogens is 260 g/mol. The van der Waals surface area contributed by atoms with Gasteiger partial charge >= 0.3 is 0 Å². The van der Waals surface area contributed by atoms with E-state index in [1.165, 1.54) is 44.5 Å². The summed E-state index contributed by atoms with van der Waals surface area (Å²) in [5, 5.41) is 8.24. The number of hydrogen-bond donors (Lipinski definition) is 1. The van der Waals surface area contributed by atoms with Gasteiger partial charge in [0.2, 0.25) is 0 Å². The molecule has 1 fully saturated rings. The number of nitrogens with one attached hydrogen (secondary N) is 1. The average molecular weight is 292 g/mol. The fourth-order valence-electron chi connectivity index (χ4n) is 3.98.